The van der Waals surface area contributed by atoms with Gasteiger partial charge in [0.2, 0.25) is 11.8 Å². The van der Waals surface area contributed by atoms with Crippen molar-refractivity contribution in [3.63, 3.8) is 0 Å². The standard InChI is InChI=1S/C70H54F6N10O11/c1-91-61-33-83(69(89)93-3)31-59(61)85-57-23-39(15-17-55(57)79-63(85)25-43-21-51(75)45(27-49(43)73)53-7-5-9-65(81-53)95-35-41-13-11-37(29-77)19-47(41)71)67(87)97-68(88)40-16-18-56-58(24-40)86(60-32-84(70(90)94-4)34-62(60)92-2)64(80-56)26-44-22-52(76)46(28-50(44)74)54-8-6-10-66(82-54)96-36-42-14-12-38(30-78)20-48(42)72/h5-24,27-28,59-62H,25-26,31-36H2,1-4H3/t59-,60-,61+,62+/m0/s1. The van der Waals surface area contributed by atoms with Crippen LogP contribution in [0.5, 0.6) is 11.8 Å². The van der Waals surface area contributed by atoms with Gasteiger partial charge in [-0.2, -0.15) is 10.5 Å². The fourth-order valence-corrected chi connectivity index (χ4v) is 12.0. The van der Waals surface area contributed by atoms with Crippen LogP contribution >= 0.6 is 0 Å². The van der Waals surface area contributed by atoms with E-state index in [2.05, 4.69) is 9.97 Å². The van der Waals surface area contributed by atoms with Crippen molar-refractivity contribution < 1.29 is 78.7 Å². The summed E-state index contributed by atoms with van der Waals surface area (Å²) in [7, 11) is 5.28. The Morgan fingerprint density at radius 2 is 0.887 bits per heavy atom. The molecule has 4 atom stereocenters. The zero-order valence-corrected chi connectivity index (χ0v) is 51.9. The first-order chi connectivity index (χ1) is 46.8. The molecule has 0 spiro atoms. The van der Waals surface area contributed by atoms with Gasteiger partial charge in [-0.1, -0.05) is 24.3 Å². The second kappa shape index (κ2) is 27.7. The zero-order valence-electron chi connectivity index (χ0n) is 51.9. The maximum absolute atomic E-state index is 16.5. The summed E-state index contributed by atoms with van der Waals surface area (Å²) in [4.78, 5) is 75.5. The van der Waals surface area contributed by atoms with Crippen LogP contribution in [0.1, 0.15) is 77.8 Å². The van der Waals surface area contributed by atoms with Crippen molar-refractivity contribution in [3.8, 4) is 46.4 Å². The van der Waals surface area contributed by atoms with Crippen LogP contribution in [0.2, 0.25) is 0 Å². The molecule has 0 aliphatic carbocycles. The molecule has 2 saturated heterocycles. The Morgan fingerprint density at radius 1 is 0.474 bits per heavy atom. The van der Waals surface area contributed by atoms with Crippen LogP contribution in [0.4, 0.5) is 35.9 Å². The van der Waals surface area contributed by atoms with Crippen LogP contribution in [0.25, 0.3) is 44.6 Å². The van der Waals surface area contributed by atoms with Crippen molar-refractivity contribution in [2.24, 2.45) is 0 Å². The molecule has 97 heavy (non-hydrogen) atoms. The molecule has 2 fully saturated rings. The van der Waals surface area contributed by atoms with Gasteiger partial charge in [0, 0.05) is 74.5 Å². The third kappa shape index (κ3) is 13.4. The van der Waals surface area contributed by atoms with Crippen LogP contribution in [0.3, 0.4) is 0 Å². The summed E-state index contributed by atoms with van der Waals surface area (Å²) >= 11 is 0. The van der Waals surface area contributed by atoms with Crippen molar-refractivity contribution in [2.75, 3.05) is 54.6 Å². The molecule has 0 N–H and O–H groups in total. The van der Waals surface area contributed by atoms with Gasteiger partial charge in [-0.25, -0.2) is 65.5 Å². The van der Waals surface area contributed by atoms with E-state index in [9.17, 15) is 28.0 Å². The number of pyridine rings is 2. The summed E-state index contributed by atoms with van der Waals surface area (Å²) in [5.74, 6) is -6.72. The predicted molar refractivity (Wildman–Crippen MR) is 333 cm³/mol. The number of benzene rings is 6. The first kappa shape index (κ1) is 65.4. The van der Waals surface area contributed by atoms with Crippen molar-refractivity contribution >= 4 is 46.2 Å². The van der Waals surface area contributed by atoms with Gasteiger partial charge >= 0.3 is 24.1 Å². The number of nitrogens with zero attached hydrogens (tertiary/aromatic N) is 10. The Kier molecular flexibility index (Phi) is 18.7. The molecular weight excluding hydrogens is 1270 g/mol. The van der Waals surface area contributed by atoms with Crippen LogP contribution < -0.4 is 9.47 Å². The molecule has 0 radical (unpaired) electrons. The number of ether oxygens (including phenoxy) is 7. The first-order valence-electron chi connectivity index (χ1n) is 29.9. The molecule has 4 aromatic heterocycles. The lowest BCUT2D eigenvalue weighted by Crippen LogP contribution is -2.29. The largest absolute Gasteiger partial charge is 0.473 e. The normalized spacial score (nSPS) is 15.9. The highest BCUT2D eigenvalue weighted by molar-refractivity contribution is 6.05. The lowest BCUT2D eigenvalue weighted by atomic mass is 10.0. The molecule has 21 nitrogen and oxygen atoms in total. The van der Waals surface area contributed by atoms with Gasteiger partial charge in [0.05, 0.1) is 119 Å². The Balaban J connectivity index is 0.825. The number of imidazole rings is 2. The Hall–Kier alpha value is -11.7. The Bertz CT molecular complexity index is 4580. The first-order valence-corrected chi connectivity index (χ1v) is 29.9. The van der Waals surface area contributed by atoms with Gasteiger partial charge in [0.1, 0.15) is 59.8 Å². The smallest absolute Gasteiger partial charge is 0.409 e. The van der Waals surface area contributed by atoms with E-state index in [1.807, 2.05) is 12.1 Å². The molecule has 10 aromatic rings. The van der Waals surface area contributed by atoms with Crippen LogP contribution in [-0.2, 0) is 49.7 Å². The van der Waals surface area contributed by atoms with Crippen molar-refractivity contribution in [1.29, 1.82) is 10.5 Å². The van der Waals surface area contributed by atoms with Crippen LogP contribution in [0, 0.1) is 57.6 Å². The van der Waals surface area contributed by atoms with E-state index < -0.39 is 83.3 Å². The monoisotopic (exact) mass is 1320 g/mol. The van der Waals surface area contributed by atoms with E-state index in [4.69, 9.17) is 53.6 Å². The highest BCUT2D eigenvalue weighted by atomic mass is 19.1. The average Bonchev–Trinajstić information content (AvgIpc) is 1.61. The highest BCUT2D eigenvalue weighted by Gasteiger charge is 2.41. The molecule has 0 bridgehead atoms. The summed E-state index contributed by atoms with van der Waals surface area (Å²) in [5.41, 5.74) is 0.555. The number of rotatable bonds is 18. The summed E-state index contributed by atoms with van der Waals surface area (Å²) in [6.07, 6.45) is -3.46. The van der Waals surface area contributed by atoms with E-state index >= 15 is 17.6 Å². The fraction of sp³-hybridized carbons (Fsp3) is 0.229. The molecule has 492 valence electrons. The van der Waals surface area contributed by atoms with Gasteiger partial charge in [0.15, 0.2) is 0 Å². The van der Waals surface area contributed by atoms with Gasteiger partial charge in [0.25, 0.3) is 0 Å². The number of amides is 2. The maximum Gasteiger partial charge on any atom is 0.409 e. The number of methoxy groups -OCH3 is 4. The summed E-state index contributed by atoms with van der Waals surface area (Å²) in [5, 5.41) is 18.2. The summed E-state index contributed by atoms with van der Waals surface area (Å²) in [6.45, 7) is -0.488. The molecule has 2 amide bonds. The third-order valence-electron chi connectivity index (χ3n) is 16.9. The number of carbonyl (C=O) groups is 4. The summed E-state index contributed by atoms with van der Waals surface area (Å²) < 4.78 is 137. The molecule has 6 heterocycles. The topological polar surface area (TPSA) is 248 Å². The molecule has 2 aliphatic heterocycles. The highest BCUT2D eigenvalue weighted by Crippen LogP contribution is 2.37. The van der Waals surface area contributed by atoms with Gasteiger partial charge in [-0.05, 0) is 108 Å². The Labute approximate surface area is 548 Å². The molecule has 12 rings (SSSR count). The maximum atomic E-state index is 16.5. The number of aromatic nitrogens is 6. The molecular formula is C70H54F6N10O11. The Morgan fingerprint density at radius 3 is 1.27 bits per heavy atom. The van der Waals surface area contributed by atoms with E-state index in [0.717, 1.165) is 36.4 Å². The SMILES string of the molecule is COC(=O)N1C[C@@H](OC)[C@@H](n2c(Cc3cc(F)c(-c4cccc(OCc5ccc(C#N)cc5F)n4)cc3F)nc3ccc(C(=O)OC(=O)c4ccc5nc(Cc6cc(F)c(-c7cccc(OCc8ccc(C#N)cc8F)n7)cc6F)n([C@H]6CN(C(=O)OC)C[C@H]6OC)c5c4)cc32)C1. The van der Waals surface area contributed by atoms with Crippen LogP contribution in [0.15, 0.2) is 133 Å². The molecule has 0 saturated carbocycles. The predicted octanol–water partition coefficient (Wildman–Crippen LogP) is 11.7. The lowest BCUT2D eigenvalue weighted by Gasteiger charge is -2.22. The van der Waals surface area contributed by atoms with E-state index in [1.54, 1.807) is 9.13 Å². The molecule has 27 heteroatoms. The number of fused-ring (bicyclic) bond motifs is 2. The fourth-order valence-electron chi connectivity index (χ4n) is 12.0. The van der Waals surface area contributed by atoms with E-state index in [1.165, 1.54) is 135 Å². The van der Waals surface area contributed by atoms with Crippen molar-refractivity contribution in [3.05, 3.63) is 225 Å². The second-order valence-electron chi connectivity index (χ2n) is 22.6. The third-order valence-corrected chi connectivity index (χ3v) is 16.9. The van der Waals surface area contributed by atoms with Gasteiger partial charge in [-0.15, -0.1) is 0 Å². The second-order valence-corrected chi connectivity index (χ2v) is 22.6. The number of likely N-dealkylation sites (tertiary alicyclic amines) is 2. The minimum atomic E-state index is -1.12. The molecule has 6 aromatic carbocycles. The number of halogens is 6. The van der Waals surface area contributed by atoms with E-state index in [-0.39, 0.29) is 165 Å². The molecule has 0 unspecified atom stereocenters. The minimum Gasteiger partial charge on any atom is -0.473 e. The quantitative estimate of drug-likeness (QED) is 0.0335. The number of hydrogen-bond donors (Lipinski definition) is 0. The number of carbonyl (C=O) groups excluding carboxylic acids is 4. The van der Waals surface area contributed by atoms with E-state index in [0.29, 0.717) is 0 Å². The number of nitriles is 2. The van der Waals surface area contributed by atoms with Gasteiger partial charge in [-0.3, -0.25) is 0 Å². The average molecular weight is 1330 g/mol. The minimum absolute atomic E-state index is 0.000382. The summed E-state index contributed by atoms with van der Waals surface area (Å²) in [6, 6.07) is 31.1. The zero-order chi connectivity index (χ0) is 68.3. The van der Waals surface area contributed by atoms with Crippen LogP contribution in [-0.4, -0.2) is 130 Å². The van der Waals surface area contributed by atoms with Crippen molar-refractivity contribution in [2.45, 2.75) is 50.3 Å². The molecule has 2 aliphatic rings. The lowest BCUT2D eigenvalue weighted by molar-refractivity contribution is 0.0397. The van der Waals surface area contributed by atoms with Gasteiger partial charge < -0.3 is 52.1 Å². The number of esters is 2. The number of hydrogen-bond acceptors (Lipinski definition) is 17. The van der Waals surface area contributed by atoms with Crippen molar-refractivity contribution in [1.82, 2.24) is 38.9 Å².